The largest absolute Gasteiger partial charge is 0.490 e. The van der Waals surface area contributed by atoms with Gasteiger partial charge in [-0.05, 0) is 60.7 Å². The minimum Gasteiger partial charge on any atom is -0.490 e. The van der Waals surface area contributed by atoms with Gasteiger partial charge in [-0.25, -0.2) is 4.39 Å². The van der Waals surface area contributed by atoms with Crippen LogP contribution in [-0.4, -0.2) is 24.2 Å². The molecule has 3 aromatic rings. The maximum Gasteiger partial charge on any atom is 0.257 e. The molecule has 29 heavy (non-hydrogen) atoms. The molecule has 1 amide bonds. The average molecular weight is 410 g/mol. The van der Waals surface area contributed by atoms with Gasteiger partial charge in [0.05, 0.1) is 5.69 Å². The smallest absolute Gasteiger partial charge is 0.257 e. The van der Waals surface area contributed by atoms with Crippen molar-refractivity contribution in [2.24, 2.45) is 0 Å². The molecule has 0 bridgehead atoms. The summed E-state index contributed by atoms with van der Waals surface area (Å²) in [6, 6.07) is 21.9. The van der Waals surface area contributed by atoms with Gasteiger partial charge in [0.15, 0.2) is 5.11 Å². The van der Waals surface area contributed by atoms with Crippen LogP contribution < -0.4 is 20.1 Å². The van der Waals surface area contributed by atoms with Crippen LogP contribution in [-0.2, 0) is 0 Å². The van der Waals surface area contributed by atoms with E-state index in [1.165, 1.54) is 24.3 Å². The Balaban J connectivity index is 1.52. The second-order valence-electron chi connectivity index (χ2n) is 5.92. The SMILES string of the molecule is O=C(NC(=S)Nc1ccccc1OCCOc1ccccc1)c1ccc(F)cc1. The third-order valence-electron chi connectivity index (χ3n) is 3.82. The molecule has 0 saturated carbocycles. The van der Waals surface area contributed by atoms with E-state index in [0.29, 0.717) is 30.2 Å². The summed E-state index contributed by atoms with van der Waals surface area (Å²) in [5.74, 6) is 0.497. The molecule has 2 N–H and O–H groups in total. The molecule has 0 aliphatic heterocycles. The lowest BCUT2D eigenvalue weighted by molar-refractivity contribution is 0.0977. The molecule has 3 aromatic carbocycles. The van der Waals surface area contributed by atoms with Gasteiger partial charge in [0.1, 0.15) is 30.5 Å². The van der Waals surface area contributed by atoms with Crippen molar-refractivity contribution in [1.29, 1.82) is 0 Å². The van der Waals surface area contributed by atoms with Crippen molar-refractivity contribution in [2.45, 2.75) is 0 Å². The summed E-state index contributed by atoms with van der Waals surface area (Å²) in [5, 5.41) is 5.61. The zero-order valence-electron chi connectivity index (χ0n) is 15.4. The molecular formula is C22H19FN2O3S. The summed E-state index contributed by atoms with van der Waals surface area (Å²) in [5.41, 5.74) is 0.912. The highest BCUT2D eigenvalue weighted by atomic mass is 32.1. The van der Waals surface area contributed by atoms with E-state index >= 15 is 0 Å². The second kappa shape index (κ2) is 10.2. The number of halogens is 1. The van der Waals surface area contributed by atoms with Crippen LogP contribution in [0.3, 0.4) is 0 Å². The van der Waals surface area contributed by atoms with Gasteiger partial charge in [0.25, 0.3) is 5.91 Å². The van der Waals surface area contributed by atoms with Crippen LogP contribution in [0, 0.1) is 5.82 Å². The summed E-state index contributed by atoms with van der Waals surface area (Å²) >= 11 is 5.20. The highest BCUT2D eigenvalue weighted by Gasteiger charge is 2.10. The van der Waals surface area contributed by atoms with E-state index in [0.717, 1.165) is 5.75 Å². The molecule has 5 nitrogen and oxygen atoms in total. The lowest BCUT2D eigenvalue weighted by Crippen LogP contribution is -2.34. The Morgan fingerprint density at radius 3 is 2.28 bits per heavy atom. The molecule has 3 rings (SSSR count). The summed E-state index contributed by atoms with van der Waals surface area (Å²) in [4.78, 5) is 12.2. The Morgan fingerprint density at radius 1 is 0.862 bits per heavy atom. The molecule has 0 aromatic heterocycles. The fourth-order valence-corrected chi connectivity index (χ4v) is 2.66. The number of para-hydroxylation sites is 3. The first kappa shape index (κ1) is 20.3. The maximum absolute atomic E-state index is 13.0. The molecule has 148 valence electrons. The minimum absolute atomic E-state index is 0.107. The maximum atomic E-state index is 13.0. The van der Waals surface area contributed by atoms with Crippen molar-refractivity contribution in [3.63, 3.8) is 0 Å². The number of carbonyl (C=O) groups is 1. The summed E-state index contributed by atoms with van der Waals surface area (Å²) in [7, 11) is 0. The molecule has 7 heteroatoms. The topological polar surface area (TPSA) is 59.6 Å². The van der Waals surface area contributed by atoms with Crippen molar-refractivity contribution < 1.29 is 18.7 Å². The van der Waals surface area contributed by atoms with E-state index < -0.39 is 11.7 Å². The fourth-order valence-electron chi connectivity index (χ4n) is 2.45. The van der Waals surface area contributed by atoms with Crippen LogP contribution in [0.25, 0.3) is 0 Å². The summed E-state index contributed by atoms with van der Waals surface area (Å²) < 4.78 is 24.3. The minimum atomic E-state index is -0.433. The first-order valence-corrected chi connectivity index (χ1v) is 9.30. The molecular weight excluding hydrogens is 391 g/mol. The first-order valence-electron chi connectivity index (χ1n) is 8.89. The number of benzene rings is 3. The monoisotopic (exact) mass is 410 g/mol. The molecule has 0 heterocycles. The normalized spacial score (nSPS) is 10.1. The zero-order chi connectivity index (χ0) is 20.5. The Labute approximate surface area is 173 Å². The molecule has 0 saturated heterocycles. The van der Waals surface area contributed by atoms with Crippen LogP contribution in [0.1, 0.15) is 10.4 Å². The van der Waals surface area contributed by atoms with Gasteiger partial charge in [-0.2, -0.15) is 0 Å². The lowest BCUT2D eigenvalue weighted by atomic mass is 10.2. The van der Waals surface area contributed by atoms with Crippen LogP contribution in [0.2, 0.25) is 0 Å². The molecule has 0 fully saturated rings. The summed E-state index contributed by atoms with van der Waals surface area (Å²) in [6.45, 7) is 0.715. The second-order valence-corrected chi connectivity index (χ2v) is 6.33. The number of hydrogen-bond donors (Lipinski definition) is 2. The van der Waals surface area contributed by atoms with E-state index in [1.807, 2.05) is 42.5 Å². The molecule has 0 unspecified atom stereocenters. The standard InChI is InChI=1S/C22H19FN2O3S/c23-17-12-10-16(11-13-17)21(26)25-22(29)24-19-8-4-5-9-20(19)28-15-14-27-18-6-2-1-3-7-18/h1-13H,14-15H2,(H2,24,25,26,29). The first-order chi connectivity index (χ1) is 14.1. The fraction of sp³-hybridized carbons (Fsp3) is 0.0909. The van der Waals surface area contributed by atoms with Crippen LogP contribution in [0.5, 0.6) is 11.5 Å². The van der Waals surface area contributed by atoms with Crippen molar-refractivity contribution in [3.05, 3.63) is 90.2 Å². The Kier molecular flexibility index (Phi) is 7.13. The number of rotatable bonds is 7. The third kappa shape index (κ3) is 6.29. The van der Waals surface area contributed by atoms with Crippen LogP contribution in [0.15, 0.2) is 78.9 Å². The number of hydrogen-bond acceptors (Lipinski definition) is 4. The van der Waals surface area contributed by atoms with Gasteiger partial charge in [-0.15, -0.1) is 0 Å². The summed E-state index contributed by atoms with van der Waals surface area (Å²) in [6.07, 6.45) is 0. The van der Waals surface area contributed by atoms with E-state index in [2.05, 4.69) is 10.6 Å². The molecule has 0 radical (unpaired) electrons. The molecule has 0 atom stereocenters. The van der Waals surface area contributed by atoms with Crippen molar-refractivity contribution in [2.75, 3.05) is 18.5 Å². The van der Waals surface area contributed by atoms with Crippen LogP contribution in [0.4, 0.5) is 10.1 Å². The van der Waals surface area contributed by atoms with E-state index in [-0.39, 0.29) is 5.11 Å². The van der Waals surface area contributed by atoms with Gasteiger partial charge >= 0.3 is 0 Å². The van der Waals surface area contributed by atoms with E-state index in [4.69, 9.17) is 21.7 Å². The third-order valence-corrected chi connectivity index (χ3v) is 4.03. The highest BCUT2D eigenvalue weighted by Crippen LogP contribution is 2.23. The number of amides is 1. The quantitative estimate of drug-likeness (QED) is 0.446. The zero-order valence-corrected chi connectivity index (χ0v) is 16.2. The van der Waals surface area contributed by atoms with Gasteiger partial charge in [-0.3, -0.25) is 10.1 Å². The predicted octanol–water partition coefficient (Wildman–Crippen LogP) is 4.41. The van der Waals surface area contributed by atoms with Gasteiger partial charge in [0, 0.05) is 5.56 Å². The Hall–Kier alpha value is -3.45. The van der Waals surface area contributed by atoms with E-state index in [1.54, 1.807) is 12.1 Å². The Bertz CT molecular complexity index is 965. The van der Waals surface area contributed by atoms with E-state index in [9.17, 15) is 9.18 Å². The average Bonchev–Trinajstić information content (AvgIpc) is 2.73. The van der Waals surface area contributed by atoms with Gasteiger partial charge in [0.2, 0.25) is 0 Å². The number of nitrogens with one attached hydrogen (secondary N) is 2. The number of thiocarbonyl (C=S) groups is 1. The molecule has 0 spiro atoms. The number of carbonyl (C=O) groups excluding carboxylic acids is 1. The van der Waals surface area contributed by atoms with Gasteiger partial charge < -0.3 is 14.8 Å². The Morgan fingerprint density at radius 2 is 1.52 bits per heavy atom. The number of anilines is 1. The highest BCUT2D eigenvalue weighted by molar-refractivity contribution is 7.80. The van der Waals surface area contributed by atoms with Gasteiger partial charge in [-0.1, -0.05) is 30.3 Å². The van der Waals surface area contributed by atoms with Crippen molar-refractivity contribution in [1.82, 2.24) is 5.32 Å². The van der Waals surface area contributed by atoms with Crippen molar-refractivity contribution in [3.8, 4) is 11.5 Å². The van der Waals surface area contributed by atoms with Crippen LogP contribution >= 0.6 is 12.2 Å². The van der Waals surface area contributed by atoms with Crippen molar-refractivity contribution >= 4 is 28.9 Å². The number of ether oxygens (including phenoxy) is 2. The molecule has 0 aliphatic carbocycles. The predicted molar refractivity (Wildman–Crippen MR) is 114 cm³/mol. The molecule has 0 aliphatic rings. The lowest BCUT2D eigenvalue weighted by Gasteiger charge is -2.14.